The number of rotatable bonds is 6. The van der Waals surface area contributed by atoms with Gasteiger partial charge in [-0.15, -0.1) is 0 Å². The molecule has 0 radical (unpaired) electrons. The highest BCUT2D eigenvalue weighted by Crippen LogP contribution is 2.24. The van der Waals surface area contributed by atoms with Crippen molar-refractivity contribution < 1.29 is 0 Å². The van der Waals surface area contributed by atoms with Gasteiger partial charge in [-0.25, -0.2) is 0 Å². The summed E-state index contributed by atoms with van der Waals surface area (Å²) >= 11 is 18.4. The minimum absolute atomic E-state index is 0.457. The summed E-state index contributed by atoms with van der Waals surface area (Å²) < 4.78 is 2.21. The average Bonchev–Trinajstić information content (AvgIpc) is 3.06. The third-order valence-electron chi connectivity index (χ3n) is 4.70. The summed E-state index contributed by atoms with van der Waals surface area (Å²) in [4.78, 5) is 0. The standard InChI is InChI=1S/C23H18Cl3N3/c24-18-10-8-16(9-11-18)14-29-15-17(19-4-1-2-7-23(19)29)12-27-28-13-20-21(25)5-3-6-22(20)26/h1-12,15,28H,13-14H2/b27-12-. The lowest BCUT2D eigenvalue weighted by Crippen LogP contribution is -2.06. The van der Waals surface area contributed by atoms with Gasteiger partial charge in [-0.1, -0.05) is 71.2 Å². The maximum absolute atomic E-state index is 6.21. The van der Waals surface area contributed by atoms with E-state index in [1.807, 2.05) is 60.8 Å². The van der Waals surface area contributed by atoms with Crippen molar-refractivity contribution in [2.24, 2.45) is 5.10 Å². The van der Waals surface area contributed by atoms with E-state index in [1.54, 1.807) is 0 Å². The van der Waals surface area contributed by atoms with Crippen LogP contribution in [0.4, 0.5) is 0 Å². The van der Waals surface area contributed by atoms with E-state index in [9.17, 15) is 0 Å². The molecule has 0 saturated carbocycles. The fourth-order valence-electron chi connectivity index (χ4n) is 3.24. The molecule has 0 atom stereocenters. The molecule has 0 aliphatic heterocycles. The minimum Gasteiger partial charge on any atom is -0.342 e. The molecule has 146 valence electrons. The summed E-state index contributed by atoms with van der Waals surface area (Å²) in [6.07, 6.45) is 3.93. The predicted octanol–water partition coefficient (Wildman–Crippen LogP) is 6.77. The maximum atomic E-state index is 6.21. The second-order valence-electron chi connectivity index (χ2n) is 6.65. The van der Waals surface area contributed by atoms with Gasteiger partial charge in [-0.3, -0.25) is 0 Å². The van der Waals surface area contributed by atoms with Crippen LogP contribution in [-0.2, 0) is 13.1 Å². The van der Waals surface area contributed by atoms with Crippen LogP contribution in [0.2, 0.25) is 15.1 Å². The molecule has 0 amide bonds. The molecule has 0 aliphatic rings. The summed E-state index contributed by atoms with van der Waals surface area (Å²) in [5, 5.41) is 7.51. The molecule has 0 bridgehead atoms. The lowest BCUT2D eigenvalue weighted by Gasteiger charge is -2.05. The van der Waals surface area contributed by atoms with Gasteiger partial charge in [0.05, 0.1) is 12.8 Å². The van der Waals surface area contributed by atoms with Crippen LogP contribution in [0.5, 0.6) is 0 Å². The molecule has 1 aromatic heterocycles. The van der Waals surface area contributed by atoms with E-state index in [2.05, 4.69) is 33.4 Å². The summed E-state index contributed by atoms with van der Waals surface area (Å²) in [5.41, 5.74) is 7.24. The molecule has 3 aromatic carbocycles. The Morgan fingerprint density at radius 3 is 2.34 bits per heavy atom. The first-order chi connectivity index (χ1) is 14.1. The third-order valence-corrected chi connectivity index (χ3v) is 5.66. The van der Waals surface area contributed by atoms with Gasteiger partial charge >= 0.3 is 0 Å². The van der Waals surface area contributed by atoms with Crippen LogP contribution in [-0.4, -0.2) is 10.8 Å². The Hall–Kier alpha value is -2.46. The highest BCUT2D eigenvalue weighted by atomic mass is 35.5. The van der Waals surface area contributed by atoms with Gasteiger partial charge in [0.1, 0.15) is 0 Å². The molecule has 6 heteroatoms. The number of fused-ring (bicyclic) bond motifs is 1. The molecule has 0 saturated heterocycles. The van der Waals surface area contributed by atoms with E-state index in [1.165, 1.54) is 5.56 Å². The van der Waals surface area contributed by atoms with E-state index in [-0.39, 0.29) is 0 Å². The van der Waals surface area contributed by atoms with Crippen molar-refractivity contribution in [2.45, 2.75) is 13.1 Å². The molecule has 0 spiro atoms. The van der Waals surface area contributed by atoms with E-state index >= 15 is 0 Å². The molecule has 0 aliphatic carbocycles. The molecular formula is C23H18Cl3N3. The van der Waals surface area contributed by atoms with Crippen molar-refractivity contribution in [2.75, 3.05) is 0 Å². The molecule has 4 aromatic rings. The fourth-order valence-corrected chi connectivity index (χ4v) is 3.89. The monoisotopic (exact) mass is 441 g/mol. The van der Waals surface area contributed by atoms with Gasteiger partial charge in [0.2, 0.25) is 0 Å². The van der Waals surface area contributed by atoms with Gasteiger partial charge in [0.25, 0.3) is 0 Å². The van der Waals surface area contributed by atoms with Crippen LogP contribution in [0.3, 0.4) is 0 Å². The van der Waals surface area contributed by atoms with Crippen LogP contribution in [0, 0.1) is 0 Å². The Morgan fingerprint density at radius 2 is 1.59 bits per heavy atom. The zero-order valence-corrected chi connectivity index (χ0v) is 17.7. The molecule has 29 heavy (non-hydrogen) atoms. The lowest BCUT2D eigenvalue weighted by molar-refractivity contribution is 0.748. The first-order valence-electron chi connectivity index (χ1n) is 9.13. The Balaban J connectivity index is 1.54. The molecule has 4 rings (SSSR count). The first kappa shape index (κ1) is 19.8. The highest BCUT2D eigenvalue weighted by molar-refractivity contribution is 6.36. The number of aromatic nitrogens is 1. The van der Waals surface area contributed by atoms with E-state index < -0.39 is 0 Å². The Morgan fingerprint density at radius 1 is 0.862 bits per heavy atom. The quantitative estimate of drug-likeness (QED) is 0.259. The highest BCUT2D eigenvalue weighted by Gasteiger charge is 2.08. The topological polar surface area (TPSA) is 29.3 Å². The number of nitrogens with one attached hydrogen (secondary N) is 1. The molecule has 1 heterocycles. The molecular weight excluding hydrogens is 425 g/mol. The Kier molecular flexibility index (Phi) is 6.10. The van der Waals surface area contributed by atoms with Gasteiger partial charge < -0.3 is 9.99 Å². The van der Waals surface area contributed by atoms with E-state index in [0.29, 0.717) is 16.6 Å². The minimum atomic E-state index is 0.457. The zero-order valence-electron chi connectivity index (χ0n) is 15.4. The second-order valence-corrected chi connectivity index (χ2v) is 7.90. The van der Waals surface area contributed by atoms with Crippen LogP contribution in [0.15, 0.2) is 78.0 Å². The predicted molar refractivity (Wildman–Crippen MR) is 123 cm³/mol. The average molecular weight is 443 g/mol. The largest absolute Gasteiger partial charge is 0.342 e. The summed E-state index contributed by atoms with van der Waals surface area (Å²) in [5.74, 6) is 0. The van der Waals surface area contributed by atoms with Crippen molar-refractivity contribution in [1.82, 2.24) is 9.99 Å². The molecule has 1 N–H and O–H groups in total. The number of para-hydroxylation sites is 1. The lowest BCUT2D eigenvalue weighted by atomic mass is 10.2. The number of halogens is 3. The van der Waals surface area contributed by atoms with Crippen molar-refractivity contribution in [3.05, 3.63) is 105 Å². The summed E-state index contributed by atoms with van der Waals surface area (Å²) in [6, 6.07) is 21.6. The summed E-state index contributed by atoms with van der Waals surface area (Å²) in [7, 11) is 0. The van der Waals surface area contributed by atoms with E-state index in [0.717, 1.165) is 33.6 Å². The number of hydrogen-bond acceptors (Lipinski definition) is 2. The van der Waals surface area contributed by atoms with Crippen molar-refractivity contribution in [3.63, 3.8) is 0 Å². The van der Waals surface area contributed by atoms with Crippen LogP contribution >= 0.6 is 34.8 Å². The normalized spacial score (nSPS) is 11.4. The molecule has 0 fully saturated rings. The maximum Gasteiger partial charge on any atom is 0.0609 e. The molecule has 0 unspecified atom stereocenters. The van der Waals surface area contributed by atoms with Crippen LogP contribution < -0.4 is 5.43 Å². The Labute approximate surface area is 184 Å². The Bertz CT molecular complexity index is 1140. The van der Waals surface area contributed by atoms with Gasteiger partial charge in [-0.2, -0.15) is 5.10 Å². The number of hydrazone groups is 1. The van der Waals surface area contributed by atoms with E-state index in [4.69, 9.17) is 34.8 Å². The first-order valence-corrected chi connectivity index (χ1v) is 10.3. The SMILES string of the molecule is Clc1ccc(Cn2cc(/C=N\NCc3c(Cl)cccc3Cl)c3ccccc32)cc1. The van der Waals surface area contributed by atoms with Gasteiger partial charge in [0, 0.05) is 49.8 Å². The van der Waals surface area contributed by atoms with Crippen molar-refractivity contribution in [3.8, 4) is 0 Å². The van der Waals surface area contributed by atoms with Gasteiger partial charge in [0.15, 0.2) is 0 Å². The third kappa shape index (κ3) is 4.59. The second kappa shape index (κ2) is 8.91. The van der Waals surface area contributed by atoms with Crippen LogP contribution in [0.25, 0.3) is 10.9 Å². The van der Waals surface area contributed by atoms with Crippen molar-refractivity contribution >= 4 is 51.9 Å². The number of benzene rings is 3. The zero-order chi connectivity index (χ0) is 20.2. The summed E-state index contributed by atoms with van der Waals surface area (Å²) in [6.45, 7) is 1.21. The fraction of sp³-hybridized carbons (Fsp3) is 0.0870. The smallest absolute Gasteiger partial charge is 0.0609 e. The number of hydrogen-bond donors (Lipinski definition) is 1. The van der Waals surface area contributed by atoms with Gasteiger partial charge in [-0.05, 0) is 35.9 Å². The molecule has 3 nitrogen and oxygen atoms in total. The number of nitrogens with zero attached hydrogens (tertiary/aromatic N) is 2. The van der Waals surface area contributed by atoms with Crippen LogP contribution in [0.1, 0.15) is 16.7 Å². The van der Waals surface area contributed by atoms with Crippen molar-refractivity contribution in [1.29, 1.82) is 0 Å².